The minimum Gasteiger partial charge on any atom is -0.393 e. The number of hydrogen-bond donors (Lipinski definition) is 3. The molecule has 0 saturated heterocycles. The third-order valence-electron chi connectivity index (χ3n) is 4.15. The quantitative estimate of drug-likeness (QED) is 0.809. The van der Waals surface area contributed by atoms with Crippen LogP contribution in [0.5, 0.6) is 0 Å². The van der Waals surface area contributed by atoms with Gasteiger partial charge in [0.25, 0.3) is 5.91 Å². The summed E-state index contributed by atoms with van der Waals surface area (Å²) >= 11 is 0. The van der Waals surface area contributed by atoms with Crippen LogP contribution in [-0.2, 0) is 0 Å². The van der Waals surface area contributed by atoms with Crippen LogP contribution in [-0.4, -0.2) is 33.6 Å². The van der Waals surface area contributed by atoms with Gasteiger partial charge in [0, 0.05) is 18.5 Å². The molecule has 0 bridgehead atoms. The van der Waals surface area contributed by atoms with Gasteiger partial charge in [-0.05, 0) is 18.9 Å². The van der Waals surface area contributed by atoms with Gasteiger partial charge in [0.2, 0.25) is 0 Å². The Morgan fingerprint density at radius 3 is 3.05 bits per heavy atom. The van der Waals surface area contributed by atoms with Crippen LogP contribution >= 0.6 is 0 Å². The fourth-order valence-corrected chi connectivity index (χ4v) is 2.87. The van der Waals surface area contributed by atoms with Crippen LogP contribution in [0.25, 0.3) is 11.0 Å². The predicted molar refractivity (Wildman–Crippen MR) is 76.3 cm³/mol. The molecular formula is C15H18FN3O2. The van der Waals surface area contributed by atoms with E-state index < -0.39 is 11.7 Å². The maximum absolute atomic E-state index is 13.9. The number of aromatic amines is 1. The van der Waals surface area contributed by atoms with Crippen LogP contribution in [0.15, 0.2) is 18.5 Å². The number of benzene rings is 1. The van der Waals surface area contributed by atoms with Crippen molar-refractivity contribution in [3.8, 4) is 0 Å². The lowest BCUT2D eigenvalue weighted by Gasteiger charge is -2.27. The van der Waals surface area contributed by atoms with Gasteiger partial charge in [-0.2, -0.15) is 0 Å². The van der Waals surface area contributed by atoms with E-state index in [0.717, 1.165) is 25.7 Å². The van der Waals surface area contributed by atoms with Gasteiger partial charge < -0.3 is 15.4 Å². The zero-order chi connectivity index (χ0) is 14.8. The first-order valence-electron chi connectivity index (χ1n) is 7.24. The van der Waals surface area contributed by atoms with Gasteiger partial charge in [-0.15, -0.1) is 0 Å². The van der Waals surface area contributed by atoms with Gasteiger partial charge >= 0.3 is 0 Å². The number of nitrogens with one attached hydrogen (secondary N) is 2. The summed E-state index contributed by atoms with van der Waals surface area (Å²) in [5.41, 5.74) is 1.10. The molecule has 21 heavy (non-hydrogen) atoms. The van der Waals surface area contributed by atoms with Gasteiger partial charge in [-0.3, -0.25) is 4.79 Å². The van der Waals surface area contributed by atoms with Crippen molar-refractivity contribution >= 4 is 16.9 Å². The van der Waals surface area contributed by atoms with Crippen molar-refractivity contribution in [3.05, 3.63) is 29.8 Å². The van der Waals surface area contributed by atoms with Crippen molar-refractivity contribution in [1.29, 1.82) is 0 Å². The van der Waals surface area contributed by atoms with E-state index in [1.807, 2.05) is 0 Å². The maximum atomic E-state index is 13.9. The molecule has 2 aromatic rings. The lowest BCUT2D eigenvalue weighted by molar-refractivity contribution is 0.0662. The molecule has 0 radical (unpaired) electrons. The van der Waals surface area contributed by atoms with Gasteiger partial charge in [-0.1, -0.05) is 12.8 Å². The lowest BCUT2D eigenvalue weighted by Crippen LogP contribution is -2.36. The highest BCUT2D eigenvalue weighted by Gasteiger charge is 2.24. The number of halogens is 1. The molecule has 5 nitrogen and oxygen atoms in total. The molecule has 1 aliphatic rings. The van der Waals surface area contributed by atoms with Crippen molar-refractivity contribution in [2.24, 2.45) is 5.92 Å². The molecular weight excluding hydrogens is 273 g/mol. The van der Waals surface area contributed by atoms with Crippen LogP contribution in [0.4, 0.5) is 4.39 Å². The van der Waals surface area contributed by atoms with E-state index in [1.165, 1.54) is 18.5 Å². The smallest absolute Gasteiger partial charge is 0.254 e. The van der Waals surface area contributed by atoms with Crippen LogP contribution in [0.2, 0.25) is 0 Å². The Morgan fingerprint density at radius 1 is 1.43 bits per heavy atom. The predicted octanol–water partition coefficient (Wildman–Crippen LogP) is 1.98. The molecule has 6 heteroatoms. The van der Waals surface area contributed by atoms with Gasteiger partial charge in [-0.25, -0.2) is 9.37 Å². The highest BCUT2D eigenvalue weighted by Crippen LogP contribution is 2.24. The van der Waals surface area contributed by atoms with Gasteiger partial charge in [0.15, 0.2) is 0 Å². The number of H-pyrrole nitrogens is 1. The first-order valence-corrected chi connectivity index (χ1v) is 7.24. The van der Waals surface area contributed by atoms with Crippen molar-refractivity contribution in [1.82, 2.24) is 15.3 Å². The fourth-order valence-electron chi connectivity index (χ4n) is 2.87. The number of fused-ring (bicyclic) bond motifs is 1. The van der Waals surface area contributed by atoms with Crippen LogP contribution in [0.1, 0.15) is 36.0 Å². The Balaban J connectivity index is 1.70. The molecule has 0 unspecified atom stereocenters. The van der Waals surface area contributed by atoms with Gasteiger partial charge in [0.1, 0.15) is 5.82 Å². The minimum absolute atomic E-state index is 0.0140. The third kappa shape index (κ3) is 2.90. The van der Waals surface area contributed by atoms with E-state index in [0.29, 0.717) is 17.6 Å². The summed E-state index contributed by atoms with van der Waals surface area (Å²) in [5, 5.41) is 12.6. The van der Waals surface area contributed by atoms with E-state index in [4.69, 9.17) is 0 Å². The number of aliphatic hydroxyl groups is 1. The first-order chi connectivity index (χ1) is 10.1. The molecule has 2 atom stereocenters. The average molecular weight is 291 g/mol. The first kappa shape index (κ1) is 14.0. The maximum Gasteiger partial charge on any atom is 0.254 e. The molecule has 1 aromatic heterocycles. The largest absolute Gasteiger partial charge is 0.393 e. The van der Waals surface area contributed by atoms with Crippen molar-refractivity contribution < 1.29 is 14.3 Å². The highest BCUT2D eigenvalue weighted by atomic mass is 19.1. The summed E-state index contributed by atoms with van der Waals surface area (Å²) in [6.45, 7) is 0.373. The molecule has 1 heterocycles. The SMILES string of the molecule is O=C(NC[C@H]1CCCC[C@@H]1O)c1cc2nc[nH]c2cc1F. The standard InChI is InChI=1S/C15H18FN3O2/c16-11-6-13-12(18-8-19-13)5-10(11)15(21)17-7-9-3-1-2-4-14(9)20/h5-6,8-9,14,20H,1-4,7H2,(H,17,21)(H,18,19)/t9-,14+/m1/s1. The normalized spacial score (nSPS) is 22.4. The minimum atomic E-state index is -0.576. The molecule has 1 fully saturated rings. The number of carbonyl (C=O) groups is 1. The van der Waals surface area contributed by atoms with Gasteiger partial charge in [0.05, 0.1) is 29.0 Å². The van der Waals surface area contributed by atoms with E-state index in [9.17, 15) is 14.3 Å². The van der Waals surface area contributed by atoms with Crippen molar-refractivity contribution in [3.63, 3.8) is 0 Å². The number of rotatable bonds is 3. The van der Waals surface area contributed by atoms with E-state index in [-0.39, 0.29) is 17.6 Å². The topological polar surface area (TPSA) is 78.0 Å². The van der Waals surface area contributed by atoms with Crippen molar-refractivity contribution in [2.75, 3.05) is 6.54 Å². The molecule has 112 valence electrons. The van der Waals surface area contributed by atoms with Crippen LogP contribution < -0.4 is 5.32 Å². The summed E-state index contributed by atoms with van der Waals surface area (Å²) in [5.74, 6) is -0.983. The Kier molecular flexibility index (Phi) is 3.88. The third-order valence-corrected chi connectivity index (χ3v) is 4.15. The second-order valence-electron chi connectivity index (χ2n) is 5.57. The number of nitrogens with zero attached hydrogens (tertiary/aromatic N) is 1. The second-order valence-corrected chi connectivity index (χ2v) is 5.57. The van der Waals surface area contributed by atoms with Crippen LogP contribution in [0.3, 0.4) is 0 Å². The van der Waals surface area contributed by atoms with E-state index in [1.54, 1.807) is 0 Å². The fraction of sp³-hybridized carbons (Fsp3) is 0.467. The molecule has 1 aliphatic carbocycles. The molecule has 0 aliphatic heterocycles. The number of aliphatic hydroxyl groups excluding tert-OH is 1. The monoisotopic (exact) mass is 291 g/mol. The van der Waals surface area contributed by atoms with E-state index in [2.05, 4.69) is 15.3 Å². The molecule has 1 aromatic carbocycles. The average Bonchev–Trinajstić information content (AvgIpc) is 2.92. The number of imidazole rings is 1. The number of amides is 1. The van der Waals surface area contributed by atoms with Crippen LogP contribution in [0, 0.1) is 11.7 Å². The number of aromatic nitrogens is 2. The zero-order valence-corrected chi connectivity index (χ0v) is 11.6. The van der Waals surface area contributed by atoms with Crippen molar-refractivity contribution in [2.45, 2.75) is 31.8 Å². The Hall–Kier alpha value is -1.95. The molecule has 0 spiro atoms. The Labute approximate surface area is 121 Å². The Morgan fingerprint density at radius 2 is 2.24 bits per heavy atom. The summed E-state index contributed by atoms with van der Waals surface area (Å²) in [7, 11) is 0. The number of carbonyl (C=O) groups excluding carboxylic acids is 1. The summed E-state index contributed by atoms with van der Waals surface area (Å²) < 4.78 is 13.9. The summed E-state index contributed by atoms with van der Waals surface area (Å²) in [6.07, 6.45) is 4.83. The molecule has 3 N–H and O–H groups in total. The summed E-state index contributed by atoms with van der Waals surface area (Å²) in [6, 6.07) is 2.71. The zero-order valence-electron chi connectivity index (χ0n) is 11.6. The van der Waals surface area contributed by atoms with E-state index >= 15 is 0 Å². The second kappa shape index (κ2) is 5.81. The molecule has 3 rings (SSSR count). The highest BCUT2D eigenvalue weighted by molar-refractivity contribution is 5.97. The Bertz CT molecular complexity index is 655. The lowest BCUT2D eigenvalue weighted by atomic mass is 9.86. The molecule has 1 amide bonds. The molecule has 1 saturated carbocycles. The number of hydrogen-bond acceptors (Lipinski definition) is 3. The summed E-state index contributed by atoms with van der Waals surface area (Å²) in [4.78, 5) is 18.9.